The molecule has 1 aromatic rings. The topological polar surface area (TPSA) is 61.8 Å². The van der Waals surface area contributed by atoms with Crippen molar-refractivity contribution in [2.75, 3.05) is 26.4 Å². The Labute approximate surface area is 234 Å². The summed E-state index contributed by atoms with van der Waals surface area (Å²) in [5.41, 5.74) is 1.03. The molecule has 1 heterocycles. The van der Waals surface area contributed by atoms with Crippen molar-refractivity contribution in [1.82, 2.24) is 0 Å². The number of benzene rings is 1. The molecule has 0 bridgehead atoms. The van der Waals surface area contributed by atoms with Crippen molar-refractivity contribution >= 4 is 10.1 Å². The van der Waals surface area contributed by atoms with Gasteiger partial charge in [0.25, 0.3) is 10.1 Å². The summed E-state index contributed by atoms with van der Waals surface area (Å²) >= 11 is 0. The molecule has 0 saturated carbocycles. The molecule has 38 heavy (non-hydrogen) atoms. The van der Waals surface area contributed by atoms with E-state index in [9.17, 15) is 8.42 Å². The van der Waals surface area contributed by atoms with E-state index in [4.69, 9.17) is 13.7 Å². The van der Waals surface area contributed by atoms with Crippen LogP contribution < -0.4 is 0 Å². The van der Waals surface area contributed by atoms with Crippen LogP contribution in [0.1, 0.15) is 128 Å². The Morgan fingerprint density at radius 1 is 0.763 bits per heavy atom. The van der Waals surface area contributed by atoms with E-state index in [-0.39, 0.29) is 17.6 Å². The second-order valence-corrected chi connectivity index (χ2v) is 12.9. The molecule has 0 unspecified atom stereocenters. The minimum Gasteiger partial charge on any atom is -0.379 e. The van der Waals surface area contributed by atoms with E-state index in [1.807, 2.05) is 6.92 Å². The highest BCUT2D eigenvalue weighted by atomic mass is 32.2. The van der Waals surface area contributed by atoms with E-state index in [2.05, 4.69) is 6.92 Å². The van der Waals surface area contributed by atoms with Gasteiger partial charge in [-0.05, 0) is 50.7 Å². The van der Waals surface area contributed by atoms with Crippen LogP contribution in [0.3, 0.4) is 0 Å². The molecule has 0 aliphatic carbocycles. The molecule has 0 radical (unpaired) electrons. The fraction of sp³-hybridized carbons (Fsp3) is 0.812. The van der Waals surface area contributed by atoms with Crippen molar-refractivity contribution in [3.63, 3.8) is 0 Å². The Morgan fingerprint density at radius 2 is 1.32 bits per heavy atom. The van der Waals surface area contributed by atoms with Crippen LogP contribution in [0.25, 0.3) is 0 Å². The molecule has 1 aliphatic rings. The number of unbranched alkanes of at least 4 members (excludes halogenated alkanes) is 14. The van der Waals surface area contributed by atoms with Gasteiger partial charge in [0.2, 0.25) is 0 Å². The predicted molar refractivity (Wildman–Crippen MR) is 157 cm³/mol. The van der Waals surface area contributed by atoms with Gasteiger partial charge in [-0.1, -0.05) is 115 Å². The van der Waals surface area contributed by atoms with Crippen molar-refractivity contribution in [2.45, 2.75) is 140 Å². The van der Waals surface area contributed by atoms with Crippen molar-refractivity contribution in [2.24, 2.45) is 5.92 Å². The maximum atomic E-state index is 12.2. The molecular formula is C32H56O5S. The third kappa shape index (κ3) is 15.6. The Balaban J connectivity index is 1.34. The first-order valence-corrected chi connectivity index (χ1v) is 17.1. The summed E-state index contributed by atoms with van der Waals surface area (Å²) in [5, 5.41) is 0. The molecule has 1 aromatic carbocycles. The summed E-state index contributed by atoms with van der Waals surface area (Å²) in [6.45, 7) is 6.79. The summed E-state index contributed by atoms with van der Waals surface area (Å²) in [6.07, 6.45) is 23.2. The zero-order valence-corrected chi connectivity index (χ0v) is 25.3. The van der Waals surface area contributed by atoms with Crippen LogP contribution in [0.4, 0.5) is 0 Å². The fourth-order valence-corrected chi connectivity index (χ4v) is 6.13. The Morgan fingerprint density at radius 3 is 1.95 bits per heavy atom. The lowest BCUT2D eigenvalue weighted by Gasteiger charge is -2.11. The molecule has 1 fully saturated rings. The van der Waals surface area contributed by atoms with E-state index in [0.717, 1.165) is 50.9 Å². The third-order valence-corrected chi connectivity index (χ3v) is 8.99. The quantitative estimate of drug-likeness (QED) is 0.0947. The summed E-state index contributed by atoms with van der Waals surface area (Å²) in [5.74, 6) is 0.711. The lowest BCUT2D eigenvalue weighted by Crippen LogP contribution is -2.14. The van der Waals surface area contributed by atoms with E-state index in [1.54, 1.807) is 24.3 Å². The van der Waals surface area contributed by atoms with Crippen molar-refractivity contribution < 1.29 is 22.1 Å². The molecular weight excluding hydrogens is 496 g/mol. The molecule has 2 rings (SSSR count). The van der Waals surface area contributed by atoms with Crippen LogP contribution in [0.2, 0.25) is 0 Å². The lowest BCUT2D eigenvalue weighted by molar-refractivity contribution is 0.0153. The summed E-state index contributed by atoms with van der Waals surface area (Å²) in [4.78, 5) is 0.224. The first-order chi connectivity index (χ1) is 18.5. The minimum atomic E-state index is -3.65. The van der Waals surface area contributed by atoms with Gasteiger partial charge >= 0.3 is 0 Å². The van der Waals surface area contributed by atoms with Gasteiger partial charge in [0.05, 0.1) is 24.2 Å². The standard InChI is InChI=1S/C32H56O5S/c1-3-4-5-6-7-8-9-10-11-12-13-16-19-30-26-31(36-27-30)28-35-24-17-14-15-18-25-37-38(33,34)32-22-20-29(2)21-23-32/h20-23,30-31H,3-19,24-28H2,1-2H3/t30-,31-/m0/s1. The summed E-state index contributed by atoms with van der Waals surface area (Å²) < 4.78 is 41.3. The van der Waals surface area contributed by atoms with Crippen molar-refractivity contribution in [3.05, 3.63) is 29.8 Å². The highest BCUT2D eigenvalue weighted by molar-refractivity contribution is 7.86. The van der Waals surface area contributed by atoms with Crippen molar-refractivity contribution in [3.8, 4) is 0 Å². The summed E-state index contributed by atoms with van der Waals surface area (Å²) in [7, 11) is -3.65. The van der Waals surface area contributed by atoms with Crippen LogP contribution in [0, 0.1) is 12.8 Å². The second-order valence-electron chi connectivity index (χ2n) is 11.3. The van der Waals surface area contributed by atoms with Crippen LogP contribution in [-0.4, -0.2) is 40.9 Å². The maximum absolute atomic E-state index is 12.2. The smallest absolute Gasteiger partial charge is 0.296 e. The zero-order chi connectivity index (χ0) is 27.3. The largest absolute Gasteiger partial charge is 0.379 e. The van der Waals surface area contributed by atoms with Gasteiger partial charge in [0, 0.05) is 13.2 Å². The predicted octanol–water partition coefficient (Wildman–Crippen LogP) is 8.77. The van der Waals surface area contributed by atoms with Crippen LogP contribution in [0.5, 0.6) is 0 Å². The SMILES string of the molecule is CCCCCCCCCCCCCC[C@@H]1CO[C@H](COCCCCCCOS(=O)(=O)c2ccc(C)cc2)C1. The monoisotopic (exact) mass is 552 g/mol. The highest BCUT2D eigenvalue weighted by Crippen LogP contribution is 2.25. The lowest BCUT2D eigenvalue weighted by atomic mass is 9.97. The van der Waals surface area contributed by atoms with E-state index in [0.29, 0.717) is 12.5 Å². The number of hydrogen-bond acceptors (Lipinski definition) is 5. The highest BCUT2D eigenvalue weighted by Gasteiger charge is 2.25. The first-order valence-electron chi connectivity index (χ1n) is 15.7. The molecule has 1 aliphatic heterocycles. The fourth-order valence-electron chi connectivity index (χ4n) is 5.19. The second kappa shape index (κ2) is 20.9. The molecule has 0 aromatic heterocycles. The zero-order valence-electron chi connectivity index (χ0n) is 24.5. The summed E-state index contributed by atoms with van der Waals surface area (Å²) in [6, 6.07) is 6.76. The third-order valence-electron chi connectivity index (χ3n) is 7.66. The van der Waals surface area contributed by atoms with Gasteiger partial charge in [-0.2, -0.15) is 8.42 Å². The molecule has 2 atom stereocenters. The molecule has 0 N–H and O–H groups in total. The van der Waals surface area contributed by atoms with Gasteiger partial charge in [-0.3, -0.25) is 4.18 Å². The molecule has 6 heteroatoms. The number of rotatable bonds is 24. The average molecular weight is 553 g/mol. The minimum absolute atomic E-state index is 0.224. The van der Waals surface area contributed by atoms with E-state index >= 15 is 0 Å². The Hall–Kier alpha value is -0.950. The molecule has 1 saturated heterocycles. The van der Waals surface area contributed by atoms with Crippen LogP contribution in [-0.2, 0) is 23.8 Å². The first kappa shape index (κ1) is 33.3. The Bertz CT molecular complexity index is 793. The maximum Gasteiger partial charge on any atom is 0.296 e. The van der Waals surface area contributed by atoms with Gasteiger partial charge in [-0.15, -0.1) is 0 Å². The van der Waals surface area contributed by atoms with Gasteiger partial charge < -0.3 is 9.47 Å². The van der Waals surface area contributed by atoms with Crippen molar-refractivity contribution in [1.29, 1.82) is 0 Å². The number of hydrogen-bond donors (Lipinski definition) is 0. The van der Waals surface area contributed by atoms with E-state index < -0.39 is 10.1 Å². The van der Waals surface area contributed by atoms with Crippen LogP contribution in [0.15, 0.2) is 29.2 Å². The Kier molecular flexibility index (Phi) is 18.3. The van der Waals surface area contributed by atoms with E-state index in [1.165, 1.54) is 83.5 Å². The molecule has 0 amide bonds. The van der Waals surface area contributed by atoms with Gasteiger partial charge in [0.1, 0.15) is 0 Å². The number of aryl methyl sites for hydroxylation is 1. The van der Waals surface area contributed by atoms with Crippen LogP contribution >= 0.6 is 0 Å². The molecule has 5 nitrogen and oxygen atoms in total. The number of ether oxygens (including phenoxy) is 2. The van der Waals surface area contributed by atoms with Gasteiger partial charge in [-0.25, -0.2) is 0 Å². The molecule has 0 spiro atoms. The van der Waals surface area contributed by atoms with Gasteiger partial charge in [0.15, 0.2) is 0 Å². The normalized spacial score (nSPS) is 17.8. The molecule has 220 valence electrons. The average Bonchev–Trinajstić information content (AvgIpc) is 3.36.